The van der Waals surface area contributed by atoms with Gasteiger partial charge in [-0.2, -0.15) is 13.2 Å². The molecule has 4 heterocycles. The summed E-state index contributed by atoms with van der Waals surface area (Å²) in [6.07, 6.45) is 0.245. The van der Waals surface area contributed by atoms with E-state index in [1.807, 2.05) is 17.2 Å². The highest BCUT2D eigenvalue weighted by Crippen LogP contribution is 2.28. The lowest BCUT2D eigenvalue weighted by atomic mass is 10.1. The van der Waals surface area contributed by atoms with Gasteiger partial charge in [-0.3, -0.25) is 9.78 Å². The maximum atomic E-state index is 12.5. The van der Waals surface area contributed by atoms with Crippen LogP contribution in [0, 0.1) is 0 Å². The SMILES string of the molecule is O=C(C1CCCO1)N1C[C@@H]2OCCN(c3cccnc3)[C@@H]2C1.O=C(O)C(F)(F)F. The second-order valence-electron chi connectivity index (χ2n) is 6.93. The number of aromatic nitrogens is 1. The van der Waals surface area contributed by atoms with Crippen molar-refractivity contribution in [2.75, 3.05) is 37.7 Å². The van der Waals surface area contributed by atoms with Gasteiger partial charge in [0.1, 0.15) is 6.10 Å². The Kier molecular flexibility index (Phi) is 6.58. The fraction of sp³-hybridized carbons (Fsp3) is 0.611. The number of alkyl halides is 3. The molecule has 1 amide bonds. The second-order valence-corrected chi connectivity index (χ2v) is 6.93. The van der Waals surface area contributed by atoms with Gasteiger partial charge in [-0.25, -0.2) is 4.79 Å². The van der Waals surface area contributed by atoms with E-state index in [2.05, 4.69) is 16.0 Å². The molecule has 3 aliphatic heterocycles. The molecular formula is C18H22F3N3O5. The van der Waals surface area contributed by atoms with E-state index in [1.54, 1.807) is 6.20 Å². The summed E-state index contributed by atoms with van der Waals surface area (Å²) >= 11 is 0. The summed E-state index contributed by atoms with van der Waals surface area (Å²) in [5, 5.41) is 7.12. The molecule has 29 heavy (non-hydrogen) atoms. The van der Waals surface area contributed by atoms with Crippen molar-refractivity contribution in [3.8, 4) is 0 Å². The smallest absolute Gasteiger partial charge is 0.475 e. The van der Waals surface area contributed by atoms with Gasteiger partial charge in [-0.15, -0.1) is 0 Å². The molecule has 0 bridgehead atoms. The first-order valence-electron chi connectivity index (χ1n) is 9.26. The number of morpholine rings is 1. The zero-order valence-electron chi connectivity index (χ0n) is 15.5. The Morgan fingerprint density at radius 1 is 1.21 bits per heavy atom. The Morgan fingerprint density at radius 3 is 2.55 bits per heavy atom. The van der Waals surface area contributed by atoms with E-state index >= 15 is 0 Å². The van der Waals surface area contributed by atoms with Gasteiger partial charge in [-0.1, -0.05) is 0 Å². The highest BCUT2D eigenvalue weighted by atomic mass is 19.4. The number of hydrogen-bond donors (Lipinski definition) is 1. The first-order valence-corrected chi connectivity index (χ1v) is 9.26. The van der Waals surface area contributed by atoms with Crippen LogP contribution in [0.15, 0.2) is 24.5 Å². The Balaban J connectivity index is 0.000000298. The van der Waals surface area contributed by atoms with Crippen molar-refractivity contribution in [1.29, 1.82) is 0 Å². The molecule has 3 fully saturated rings. The second kappa shape index (κ2) is 8.95. The van der Waals surface area contributed by atoms with Crippen LogP contribution in [-0.4, -0.2) is 84.1 Å². The Morgan fingerprint density at radius 2 is 1.97 bits per heavy atom. The monoisotopic (exact) mass is 417 g/mol. The van der Waals surface area contributed by atoms with Gasteiger partial charge in [0.2, 0.25) is 0 Å². The molecule has 4 rings (SSSR count). The number of carboxylic acids is 1. The minimum Gasteiger partial charge on any atom is -0.475 e. The first kappa shape index (κ1) is 21.3. The first-order chi connectivity index (χ1) is 13.8. The van der Waals surface area contributed by atoms with Gasteiger partial charge in [-0.05, 0) is 25.0 Å². The van der Waals surface area contributed by atoms with Crippen LogP contribution in [0.25, 0.3) is 0 Å². The number of rotatable bonds is 2. The van der Waals surface area contributed by atoms with Gasteiger partial charge in [0.05, 0.1) is 30.6 Å². The van der Waals surface area contributed by atoms with E-state index in [0.717, 1.165) is 25.1 Å². The molecule has 160 valence electrons. The van der Waals surface area contributed by atoms with Crippen molar-refractivity contribution >= 4 is 17.6 Å². The molecule has 1 aromatic rings. The lowest BCUT2D eigenvalue weighted by molar-refractivity contribution is -0.192. The van der Waals surface area contributed by atoms with Crippen LogP contribution in [0.3, 0.4) is 0 Å². The van der Waals surface area contributed by atoms with Gasteiger partial charge in [0.25, 0.3) is 5.91 Å². The number of likely N-dealkylation sites (tertiary alicyclic amines) is 1. The zero-order valence-corrected chi connectivity index (χ0v) is 15.5. The molecule has 0 saturated carbocycles. The molecule has 8 nitrogen and oxygen atoms in total. The van der Waals surface area contributed by atoms with Gasteiger partial charge < -0.3 is 24.4 Å². The van der Waals surface area contributed by atoms with Crippen molar-refractivity contribution in [1.82, 2.24) is 9.88 Å². The van der Waals surface area contributed by atoms with E-state index < -0.39 is 12.1 Å². The van der Waals surface area contributed by atoms with Crippen molar-refractivity contribution in [3.05, 3.63) is 24.5 Å². The number of fused-ring (bicyclic) bond motifs is 1. The minimum atomic E-state index is -5.08. The molecule has 3 saturated heterocycles. The highest BCUT2D eigenvalue weighted by molar-refractivity contribution is 5.81. The van der Waals surface area contributed by atoms with E-state index in [9.17, 15) is 18.0 Å². The standard InChI is InChI=1S/C16H21N3O3.C2HF3O2/c20-16(14-4-2-7-21-14)18-10-13-15(11-18)22-8-6-19(13)12-3-1-5-17-9-12;3-2(4,5)1(6)7/h1,3,5,9,13-15H,2,4,6-8,10-11H2;(H,6,7)/t13-,14?,15+;/m1./s1. The number of carbonyl (C=O) groups excluding carboxylic acids is 1. The summed E-state index contributed by atoms with van der Waals surface area (Å²) in [5.74, 6) is -2.63. The summed E-state index contributed by atoms with van der Waals surface area (Å²) in [6, 6.07) is 4.23. The lowest BCUT2D eigenvalue weighted by Gasteiger charge is -2.38. The molecule has 0 aromatic carbocycles. The topological polar surface area (TPSA) is 92.2 Å². The Hall–Kier alpha value is -2.40. The van der Waals surface area contributed by atoms with E-state index in [1.165, 1.54) is 0 Å². The number of aliphatic carboxylic acids is 1. The van der Waals surface area contributed by atoms with E-state index in [4.69, 9.17) is 19.4 Å². The van der Waals surface area contributed by atoms with E-state index in [0.29, 0.717) is 26.3 Å². The predicted octanol–water partition coefficient (Wildman–Crippen LogP) is 1.31. The normalized spacial score (nSPS) is 26.5. The largest absolute Gasteiger partial charge is 0.490 e. The third-order valence-electron chi connectivity index (χ3n) is 5.04. The number of pyridine rings is 1. The molecule has 1 aromatic heterocycles. The molecule has 0 spiro atoms. The fourth-order valence-corrected chi connectivity index (χ4v) is 3.69. The summed E-state index contributed by atoms with van der Waals surface area (Å²) in [5.41, 5.74) is 1.10. The number of ether oxygens (including phenoxy) is 2. The van der Waals surface area contributed by atoms with Crippen LogP contribution >= 0.6 is 0 Å². The van der Waals surface area contributed by atoms with Crippen LogP contribution < -0.4 is 4.90 Å². The molecular weight excluding hydrogens is 395 g/mol. The highest BCUT2D eigenvalue weighted by Gasteiger charge is 2.43. The number of halogens is 3. The van der Waals surface area contributed by atoms with Crippen LogP contribution in [0.2, 0.25) is 0 Å². The van der Waals surface area contributed by atoms with Crippen LogP contribution in [-0.2, 0) is 19.1 Å². The Bertz CT molecular complexity index is 712. The Labute approximate surface area is 165 Å². The molecule has 11 heteroatoms. The number of carboxylic acid groups (broad SMARTS) is 1. The van der Waals surface area contributed by atoms with Crippen molar-refractivity contribution < 1.29 is 37.3 Å². The summed E-state index contributed by atoms with van der Waals surface area (Å²) in [6.45, 7) is 3.61. The predicted molar refractivity (Wildman–Crippen MR) is 94.4 cm³/mol. The molecule has 0 aliphatic carbocycles. The average molecular weight is 417 g/mol. The molecule has 0 radical (unpaired) electrons. The average Bonchev–Trinajstić information content (AvgIpc) is 3.37. The van der Waals surface area contributed by atoms with Crippen molar-refractivity contribution in [2.24, 2.45) is 0 Å². The zero-order chi connectivity index (χ0) is 21.0. The molecule has 1 unspecified atom stereocenters. The maximum Gasteiger partial charge on any atom is 0.490 e. The van der Waals surface area contributed by atoms with Crippen LogP contribution in [0.5, 0.6) is 0 Å². The molecule has 3 aliphatic rings. The fourth-order valence-electron chi connectivity index (χ4n) is 3.69. The molecule has 1 N–H and O–H groups in total. The van der Waals surface area contributed by atoms with E-state index in [-0.39, 0.29) is 24.2 Å². The number of hydrogen-bond acceptors (Lipinski definition) is 6. The maximum absolute atomic E-state index is 12.5. The number of nitrogens with zero attached hydrogens (tertiary/aromatic N) is 3. The molecule has 3 atom stereocenters. The van der Waals surface area contributed by atoms with Crippen LogP contribution in [0.1, 0.15) is 12.8 Å². The van der Waals surface area contributed by atoms with Gasteiger partial charge in [0, 0.05) is 32.4 Å². The number of anilines is 1. The van der Waals surface area contributed by atoms with Crippen LogP contribution in [0.4, 0.5) is 18.9 Å². The number of carbonyl (C=O) groups is 2. The quantitative estimate of drug-likeness (QED) is 0.776. The third-order valence-corrected chi connectivity index (χ3v) is 5.04. The third kappa shape index (κ3) is 5.15. The van der Waals surface area contributed by atoms with Crippen molar-refractivity contribution in [3.63, 3.8) is 0 Å². The summed E-state index contributed by atoms with van der Waals surface area (Å²) in [7, 11) is 0. The van der Waals surface area contributed by atoms with Gasteiger partial charge in [0.15, 0.2) is 0 Å². The van der Waals surface area contributed by atoms with Crippen molar-refractivity contribution in [2.45, 2.75) is 37.3 Å². The number of amides is 1. The van der Waals surface area contributed by atoms with Gasteiger partial charge >= 0.3 is 12.1 Å². The lowest BCUT2D eigenvalue weighted by Crippen LogP contribution is -2.51. The minimum absolute atomic E-state index is 0.0827. The summed E-state index contributed by atoms with van der Waals surface area (Å²) < 4.78 is 43.2. The summed E-state index contributed by atoms with van der Waals surface area (Å²) in [4.78, 5) is 29.9.